The monoisotopic (exact) mass is 321 g/mol. The van der Waals surface area contributed by atoms with Crippen molar-refractivity contribution in [3.05, 3.63) is 17.5 Å². The molecule has 0 aliphatic carbocycles. The van der Waals surface area contributed by atoms with E-state index in [0.29, 0.717) is 11.7 Å². The number of fused-ring (bicyclic) bond motifs is 1. The summed E-state index contributed by atoms with van der Waals surface area (Å²) in [5, 5.41) is 3.82. The summed E-state index contributed by atoms with van der Waals surface area (Å²) in [5.41, 5.74) is 0.779. The van der Waals surface area contributed by atoms with E-state index >= 15 is 0 Å². The maximum absolute atomic E-state index is 12.6. The van der Waals surface area contributed by atoms with Crippen LogP contribution in [0.1, 0.15) is 16.2 Å². The zero-order valence-corrected chi connectivity index (χ0v) is 13.5. The Morgan fingerprint density at radius 1 is 1.39 bits per heavy atom. The molecule has 0 aromatic carbocycles. The molecule has 1 amide bonds. The number of amides is 1. The fourth-order valence-corrected chi connectivity index (χ4v) is 4.04. The van der Waals surface area contributed by atoms with Gasteiger partial charge in [-0.25, -0.2) is 0 Å². The fourth-order valence-electron chi connectivity index (χ4n) is 4.04. The van der Waals surface area contributed by atoms with E-state index < -0.39 is 0 Å². The predicted octanol–water partition coefficient (Wildman–Crippen LogP) is 0.404. The quantitative estimate of drug-likeness (QED) is 0.803. The molecule has 7 heteroatoms. The molecule has 0 N–H and O–H groups in total. The van der Waals surface area contributed by atoms with Crippen molar-refractivity contribution in [3.8, 4) is 0 Å². The number of hydrogen-bond donors (Lipinski definition) is 0. The van der Waals surface area contributed by atoms with E-state index in [2.05, 4.69) is 10.1 Å². The Hall–Kier alpha value is -1.44. The number of likely N-dealkylation sites (tertiary alicyclic amines) is 1. The van der Waals surface area contributed by atoms with E-state index in [-0.39, 0.29) is 11.3 Å². The van der Waals surface area contributed by atoms with E-state index in [0.717, 1.165) is 64.8 Å². The Labute approximate surface area is 135 Å². The Balaban J connectivity index is 1.48. The van der Waals surface area contributed by atoms with Crippen LogP contribution in [0.3, 0.4) is 0 Å². The van der Waals surface area contributed by atoms with Gasteiger partial charge in [-0.05, 0) is 6.92 Å². The molecule has 23 heavy (non-hydrogen) atoms. The van der Waals surface area contributed by atoms with Crippen LogP contribution in [0.15, 0.2) is 10.6 Å². The molecular formula is C16H23N3O4. The van der Waals surface area contributed by atoms with Gasteiger partial charge in [0.05, 0.1) is 32.1 Å². The first-order valence-electron chi connectivity index (χ1n) is 8.27. The van der Waals surface area contributed by atoms with Gasteiger partial charge in [-0.15, -0.1) is 0 Å². The van der Waals surface area contributed by atoms with E-state index in [1.54, 1.807) is 6.07 Å². The average Bonchev–Trinajstić information content (AvgIpc) is 3.21. The molecule has 3 fully saturated rings. The molecule has 1 aromatic heterocycles. The third kappa shape index (κ3) is 2.77. The second-order valence-corrected chi connectivity index (χ2v) is 6.98. The highest BCUT2D eigenvalue weighted by Gasteiger charge is 2.52. The number of carbonyl (C=O) groups is 1. The van der Waals surface area contributed by atoms with Crippen molar-refractivity contribution in [2.45, 2.75) is 6.92 Å². The Morgan fingerprint density at radius 2 is 2.22 bits per heavy atom. The molecule has 0 spiro atoms. The van der Waals surface area contributed by atoms with E-state index in [1.165, 1.54) is 0 Å². The Morgan fingerprint density at radius 3 is 2.96 bits per heavy atom. The number of aromatic nitrogens is 1. The summed E-state index contributed by atoms with van der Waals surface area (Å²) >= 11 is 0. The van der Waals surface area contributed by atoms with E-state index in [1.807, 2.05) is 11.8 Å². The fraction of sp³-hybridized carbons (Fsp3) is 0.750. The summed E-state index contributed by atoms with van der Waals surface area (Å²) in [7, 11) is 0. The predicted molar refractivity (Wildman–Crippen MR) is 81.1 cm³/mol. The topological polar surface area (TPSA) is 68.0 Å². The number of rotatable bonds is 3. The van der Waals surface area contributed by atoms with Gasteiger partial charge < -0.3 is 18.9 Å². The zero-order chi connectivity index (χ0) is 15.9. The van der Waals surface area contributed by atoms with Crippen LogP contribution < -0.4 is 0 Å². The normalized spacial score (nSPS) is 31.5. The summed E-state index contributed by atoms with van der Waals surface area (Å²) in [6.45, 7) is 9.25. The molecule has 0 radical (unpaired) electrons. The molecule has 4 rings (SSSR count). The second-order valence-electron chi connectivity index (χ2n) is 6.98. The third-order valence-electron chi connectivity index (χ3n) is 5.29. The van der Waals surface area contributed by atoms with Gasteiger partial charge in [0.25, 0.3) is 5.91 Å². The number of hydrogen-bond acceptors (Lipinski definition) is 6. The molecule has 3 aliphatic heterocycles. The van der Waals surface area contributed by atoms with E-state index in [9.17, 15) is 4.79 Å². The third-order valence-corrected chi connectivity index (χ3v) is 5.29. The van der Waals surface area contributed by atoms with Crippen molar-refractivity contribution in [1.82, 2.24) is 15.0 Å². The largest absolute Gasteiger partial charge is 0.380 e. The van der Waals surface area contributed by atoms with Crippen molar-refractivity contribution in [1.29, 1.82) is 0 Å². The van der Waals surface area contributed by atoms with Crippen LogP contribution in [0.25, 0.3) is 0 Å². The molecule has 2 atom stereocenters. The molecule has 4 heterocycles. The molecule has 3 saturated heterocycles. The molecular weight excluding hydrogens is 298 g/mol. The molecule has 3 aliphatic rings. The van der Waals surface area contributed by atoms with Gasteiger partial charge >= 0.3 is 0 Å². The summed E-state index contributed by atoms with van der Waals surface area (Å²) in [6, 6.07) is 1.71. The summed E-state index contributed by atoms with van der Waals surface area (Å²) < 4.78 is 16.3. The number of aryl methyl sites for hydroxylation is 1. The van der Waals surface area contributed by atoms with Crippen LogP contribution in [0, 0.1) is 18.3 Å². The smallest absolute Gasteiger partial charge is 0.292 e. The molecule has 0 unspecified atom stereocenters. The van der Waals surface area contributed by atoms with Crippen molar-refractivity contribution in [2.75, 3.05) is 59.2 Å². The molecule has 126 valence electrons. The minimum Gasteiger partial charge on any atom is -0.380 e. The van der Waals surface area contributed by atoms with Crippen molar-refractivity contribution in [3.63, 3.8) is 0 Å². The lowest BCUT2D eigenvalue weighted by Gasteiger charge is -2.36. The van der Waals surface area contributed by atoms with Crippen molar-refractivity contribution < 1.29 is 18.8 Å². The summed E-state index contributed by atoms with van der Waals surface area (Å²) in [6.07, 6.45) is 0. The van der Waals surface area contributed by atoms with Gasteiger partial charge in [-0.2, -0.15) is 0 Å². The molecule has 7 nitrogen and oxygen atoms in total. The van der Waals surface area contributed by atoms with Crippen LogP contribution >= 0.6 is 0 Å². The first-order valence-corrected chi connectivity index (χ1v) is 8.27. The van der Waals surface area contributed by atoms with Crippen LogP contribution in [-0.4, -0.2) is 80.0 Å². The minimum atomic E-state index is -0.0543. The zero-order valence-electron chi connectivity index (χ0n) is 13.5. The maximum atomic E-state index is 12.6. The number of ether oxygens (including phenoxy) is 2. The Kier molecular flexibility index (Phi) is 3.87. The van der Waals surface area contributed by atoms with Gasteiger partial charge in [0.2, 0.25) is 5.76 Å². The van der Waals surface area contributed by atoms with Crippen LogP contribution in [-0.2, 0) is 9.47 Å². The van der Waals surface area contributed by atoms with Gasteiger partial charge in [-0.3, -0.25) is 9.69 Å². The van der Waals surface area contributed by atoms with E-state index in [4.69, 9.17) is 14.0 Å². The van der Waals surface area contributed by atoms with Gasteiger partial charge in [0, 0.05) is 50.1 Å². The molecule has 0 saturated carbocycles. The standard InChI is InChI=1S/C16H23N3O4/c1-12-6-14(23-17-12)15(20)19-7-13-8-22-11-16(13,10-19)9-18-2-4-21-5-3-18/h6,13H,2-5,7-11H2,1H3/t13-,16+/m0/s1. The Bertz CT molecular complexity index is 584. The van der Waals surface area contributed by atoms with Crippen LogP contribution in [0.5, 0.6) is 0 Å². The first-order chi connectivity index (χ1) is 11.2. The van der Waals surface area contributed by atoms with Gasteiger partial charge in [0.15, 0.2) is 0 Å². The highest BCUT2D eigenvalue weighted by molar-refractivity contribution is 5.91. The minimum absolute atomic E-state index is 0.0437. The summed E-state index contributed by atoms with van der Waals surface area (Å²) in [4.78, 5) is 17.0. The maximum Gasteiger partial charge on any atom is 0.292 e. The van der Waals surface area contributed by atoms with Gasteiger partial charge in [-0.1, -0.05) is 5.16 Å². The number of carbonyl (C=O) groups excluding carboxylic acids is 1. The van der Waals surface area contributed by atoms with Crippen molar-refractivity contribution in [2.24, 2.45) is 11.3 Å². The van der Waals surface area contributed by atoms with Crippen LogP contribution in [0.2, 0.25) is 0 Å². The van der Waals surface area contributed by atoms with Gasteiger partial charge in [0.1, 0.15) is 0 Å². The highest BCUT2D eigenvalue weighted by Crippen LogP contribution is 2.42. The molecule has 1 aromatic rings. The SMILES string of the molecule is Cc1cc(C(=O)N2C[C@H]3COC[C@@]3(CN3CCOCC3)C2)on1. The second kappa shape index (κ2) is 5.89. The first kappa shape index (κ1) is 15.1. The highest BCUT2D eigenvalue weighted by atomic mass is 16.5. The lowest BCUT2D eigenvalue weighted by molar-refractivity contribution is 0.0103. The lowest BCUT2D eigenvalue weighted by Crippen LogP contribution is -2.47. The summed E-state index contributed by atoms with van der Waals surface area (Å²) in [5.74, 6) is 0.685. The number of morpholine rings is 1. The lowest BCUT2D eigenvalue weighted by atomic mass is 9.80. The number of nitrogens with zero attached hydrogens (tertiary/aromatic N) is 3. The molecule has 0 bridgehead atoms. The van der Waals surface area contributed by atoms with Crippen molar-refractivity contribution >= 4 is 5.91 Å². The van der Waals surface area contributed by atoms with Crippen LogP contribution in [0.4, 0.5) is 0 Å². The average molecular weight is 321 g/mol.